The van der Waals surface area contributed by atoms with E-state index in [9.17, 15) is 39.5 Å². The molecule has 19 heavy (non-hydrogen) atoms. The summed E-state index contributed by atoms with van der Waals surface area (Å²) in [5, 5.41) is 0. The maximum atomic E-state index is 13.4. The van der Waals surface area contributed by atoms with E-state index in [-0.39, 0.29) is 12.1 Å². The molecule has 0 aliphatic rings. The summed E-state index contributed by atoms with van der Waals surface area (Å²) in [6, 6.07) is 3.95. The zero-order chi connectivity index (χ0) is 15.1. The minimum Gasteiger partial charge on any atom is -0.216 e. The lowest BCUT2D eigenvalue weighted by molar-refractivity contribution is -0.400. The van der Waals surface area contributed by atoms with Gasteiger partial charge in [-0.15, -0.1) is 0 Å². The first kappa shape index (κ1) is 15.6. The van der Waals surface area contributed by atoms with Crippen LogP contribution in [0.1, 0.15) is 5.56 Å². The van der Waals surface area contributed by atoms with Crippen molar-refractivity contribution < 1.29 is 39.5 Å². The van der Waals surface area contributed by atoms with Crippen molar-refractivity contribution in [3.05, 3.63) is 35.9 Å². The van der Waals surface area contributed by atoms with Crippen molar-refractivity contribution in [2.75, 3.05) is 0 Å². The maximum absolute atomic E-state index is 13.4. The van der Waals surface area contributed by atoms with Crippen molar-refractivity contribution in [2.24, 2.45) is 0 Å². The SMILES string of the molecule is FC(F)(F)C(F)(C(F)(F)F)C(F)(F)c1c[c]ccc1. The molecule has 0 unspecified atom stereocenters. The van der Waals surface area contributed by atoms with Gasteiger partial charge < -0.3 is 0 Å². The summed E-state index contributed by atoms with van der Waals surface area (Å²) in [6.07, 6.45) is -13.7. The molecule has 0 spiro atoms. The first-order valence-corrected chi connectivity index (χ1v) is 4.52. The molecule has 0 aromatic heterocycles. The molecule has 0 saturated carbocycles. The molecule has 0 heterocycles. The van der Waals surface area contributed by atoms with Gasteiger partial charge in [-0.1, -0.05) is 18.2 Å². The number of hydrogen-bond acceptors (Lipinski definition) is 0. The van der Waals surface area contributed by atoms with Gasteiger partial charge in [0.15, 0.2) is 0 Å². The molecule has 1 radical (unpaired) electrons. The van der Waals surface area contributed by atoms with E-state index in [0.717, 1.165) is 12.1 Å². The van der Waals surface area contributed by atoms with Gasteiger partial charge in [-0.2, -0.15) is 35.1 Å². The van der Waals surface area contributed by atoms with Gasteiger partial charge in [0.1, 0.15) is 0 Å². The van der Waals surface area contributed by atoms with Crippen LogP contribution in [0, 0.1) is 6.07 Å². The van der Waals surface area contributed by atoms with Gasteiger partial charge in [0.2, 0.25) is 0 Å². The number of rotatable bonds is 2. The Morgan fingerprint density at radius 1 is 0.789 bits per heavy atom. The third-order valence-electron chi connectivity index (χ3n) is 2.28. The lowest BCUT2D eigenvalue weighted by atomic mass is 9.90. The smallest absolute Gasteiger partial charge is 0.216 e. The van der Waals surface area contributed by atoms with Crippen LogP contribution in [0.5, 0.6) is 0 Å². The third-order valence-corrected chi connectivity index (χ3v) is 2.28. The van der Waals surface area contributed by atoms with Crippen LogP contribution in [0.3, 0.4) is 0 Å². The largest absolute Gasteiger partial charge is 0.438 e. The molecule has 0 atom stereocenters. The normalized spacial score (nSPS) is 14.6. The third kappa shape index (κ3) is 2.25. The van der Waals surface area contributed by atoms with Gasteiger partial charge in [-0.05, 0) is 12.1 Å². The van der Waals surface area contributed by atoms with Crippen molar-refractivity contribution in [3.63, 3.8) is 0 Å². The zero-order valence-electron chi connectivity index (χ0n) is 8.71. The van der Waals surface area contributed by atoms with E-state index in [2.05, 4.69) is 0 Å². The average Bonchev–Trinajstić information content (AvgIpc) is 2.26. The lowest BCUT2D eigenvalue weighted by Gasteiger charge is -2.36. The van der Waals surface area contributed by atoms with Gasteiger partial charge in [0, 0.05) is 5.56 Å². The molecule has 0 nitrogen and oxygen atoms in total. The quantitative estimate of drug-likeness (QED) is 0.709. The first-order chi connectivity index (χ1) is 8.36. The van der Waals surface area contributed by atoms with Gasteiger partial charge in [-0.3, -0.25) is 0 Å². The summed E-state index contributed by atoms with van der Waals surface area (Å²) in [7, 11) is 0. The van der Waals surface area contributed by atoms with E-state index >= 15 is 0 Å². The minimum absolute atomic E-state index is 0.159. The summed E-state index contributed by atoms with van der Waals surface area (Å²) < 4.78 is 113. The first-order valence-electron chi connectivity index (χ1n) is 4.52. The molecule has 0 aliphatic heterocycles. The fourth-order valence-corrected chi connectivity index (χ4v) is 1.30. The second kappa shape index (κ2) is 4.31. The van der Waals surface area contributed by atoms with E-state index in [1.54, 1.807) is 0 Å². The van der Waals surface area contributed by atoms with E-state index in [0.29, 0.717) is 0 Å². The molecule has 1 aromatic rings. The predicted octanol–water partition coefficient (Wildman–Crippen LogP) is 4.41. The van der Waals surface area contributed by atoms with Crippen LogP contribution < -0.4 is 0 Å². The van der Waals surface area contributed by atoms with Gasteiger partial charge in [-0.25, -0.2) is 4.39 Å². The van der Waals surface area contributed by atoms with Crippen LogP contribution in [0.15, 0.2) is 24.3 Å². The molecule has 0 saturated heterocycles. The summed E-state index contributed by atoms with van der Waals surface area (Å²) in [5.41, 5.74) is -8.45. The molecular formula is C10H4F9. The Bertz CT molecular complexity index is 415. The van der Waals surface area contributed by atoms with Crippen molar-refractivity contribution in [1.29, 1.82) is 0 Å². The Morgan fingerprint density at radius 3 is 1.58 bits per heavy atom. The standard InChI is InChI=1S/C10H4F9/c11-7(12,6-4-2-1-3-5-6)8(13,9(14,15)16)10(17,18)19/h1-2,4-5H. The Hall–Kier alpha value is -1.41. The van der Waals surface area contributed by atoms with Crippen LogP contribution >= 0.6 is 0 Å². The van der Waals surface area contributed by atoms with E-state index in [1.807, 2.05) is 6.07 Å². The second-order valence-corrected chi connectivity index (χ2v) is 3.52. The van der Waals surface area contributed by atoms with Crippen LogP contribution in [0.4, 0.5) is 39.5 Å². The van der Waals surface area contributed by atoms with Crippen molar-refractivity contribution in [1.82, 2.24) is 0 Å². The van der Waals surface area contributed by atoms with Crippen molar-refractivity contribution >= 4 is 0 Å². The Kier molecular flexibility index (Phi) is 3.55. The molecule has 9 heteroatoms. The molecule has 0 amide bonds. The van der Waals surface area contributed by atoms with Crippen molar-refractivity contribution in [2.45, 2.75) is 23.9 Å². The zero-order valence-corrected chi connectivity index (χ0v) is 8.71. The molecule has 0 N–H and O–H groups in total. The maximum Gasteiger partial charge on any atom is 0.438 e. The topological polar surface area (TPSA) is 0 Å². The highest BCUT2D eigenvalue weighted by Gasteiger charge is 2.84. The monoisotopic (exact) mass is 295 g/mol. The fourth-order valence-electron chi connectivity index (χ4n) is 1.30. The predicted molar refractivity (Wildman–Crippen MR) is 45.1 cm³/mol. The number of hydrogen-bond donors (Lipinski definition) is 0. The summed E-state index contributed by atoms with van der Waals surface area (Å²) in [6.45, 7) is 0. The lowest BCUT2D eigenvalue weighted by Crippen LogP contribution is -2.63. The Balaban J connectivity index is 3.51. The summed E-state index contributed by atoms with van der Waals surface area (Å²) in [4.78, 5) is 0. The van der Waals surface area contributed by atoms with Gasteiger partial charge in [0.05, 0.1) is 0 Å². The molecule has 107 valence electrons. The molecule has 1 aromatic carbocycles. The van der Waals surface area contributed by atoms with Gasteiger partial charge in [0.25, 0.3) is 0 Å². The number of benzene rings is 1. The van der Waals surface area contributed by atoms with Gasteiger partial charge >= 0.3 is 23.9 Å². The fraction of sp³-hybridized carbons (Fsp3) is 0.400. The van der Waals surface area contributed by atoms with Crippen LogP contribution in [-0.4, -0.2) is 18.0 Å². The number of alkyl halides is 9. The Labute approximate surface area is 100 Å². The van der Waals surface area contributed by atoms with Crippen LogP contribution in [0.2, 0.25) is 0 Å². The Morgan fingerprint density at radius 2 is 1.26 bits per heavy atom. The highest BCUT2D eigenvalue weighted by molar-refractivity contribution is 5.25. The summed E-state index contributed by atoms with van der Waals surface area (Å²) in [5.74, 6) is -5.83. The van der Waals surface area contributed by atoms with E-state index in [1.165, 1.54) is 0 Å². The second-order valence-electron chi connectivity index (χ2n) is 3.52. The average molecular weight is 295 g/mol. The van der Waals surface area contributed by atoms with E-state index < -0.39 is 29.5 Å². The van der Waals surface area contributed by atoms with Crippen LogP contribution in [0.25, 0.3) is 0 Å². The molecule has 0 fully saturated rings. The number of halogens is 9. The van der Waals surface area contributed by atoms with Crippen molar-refractivity contribution in [3.8, 4) is 0 Å². The highest BCUT2D eigenvalue weighted by atomic mass is 19.4. The molecule has 1 rings (SSSR count). The summed E-state index contributed by atoms with van der Waals surface area (Å²) >= 11 is 0. The van der Waals surface area contributed by atoms with Crippen LogP contribution in [-0.2, 0) is 5.92 Å². The highest BCUT2D eigenvalue weighted by Crippen LogP contribution is 2.58. The van der Waals surface area contributed by atoms with E-state index in [4.69, 9.17) is 0 Å². The molecular weight excluding hydrogens is 291 g/mol. The molecule has 0 aliphatic carbocycles. The minimum atomic E-state index is -6.83. The molecule has 0 bridgehead atoms.